The Bertz CT molecular complexity index is 57.4. The molecule has 0 aliphatic rings. The van der Waals surface area contributed by atoms with Gasteiger partial charge in [0.1, 0.15) is 5.78 Å². The Morgan fingerprint density at radius 3 is 1.38 bits per heavy atom. The van der Waals surface area contributed by atoms with Crippen molar-refractivity contribution in [3.8, 4) is 0 Å². The molecule has 0 fully saturated rings. The molecule has 0 spiro atoms. The molecule has 0 aromatic carbocycles. The van der Waals surface area contributed by atoms with E-state index in [1.54, 1.807) is 0 Å². The Morgan fingerprint density at radius 1 is 1.38 bits per heavy atom. The predicted molar refractivity (Wildman–Crippen MR) is 27.7 cm³/mol. The third-order valence-electron chi connectivity index (χ3n) is 0. The van der Waals surface area contributed by atoms with Crippen LogP contribution in [0.1, 0.15) is 20.8 Å². The predicted octanol–water partition coefficient (Wildman–Crippen LogP) is 0.709. The van der Waals surface area contributed by atoms with Crippen LogP contribution in [0.2, 0.25) is 0 Å². The van der Waals surface area contributed by atoms with Crippen molar-refractivity contribution < 1.29 is 26.7 Å². The first-order chi connectivity index (χ1) is 3.15. The molecular formula is C5H9CuO2. The van der Waals surface area contributed by atoms with Gasteiger partial charge in [-0.3, -0.25) is 6.29 Å². The molecule has 0 N–H and O–H groups in total. The molecule has 8 heavy (non-hydrogen) atoms. The molecule has 0 heterocycles. The smallest absolute Gasteiger partial charge is 0.542 e. The van der Waals surface area contributed by atoms with Gasteiger partial charge in [0.05, 0.1) is 0 Å². The SMILES string of the molecule is CC(C)=O.C[C-]=O.[Cu+]. The zero-order valence-electron chi connectivity index (χ0n) is 5.12. The second-order valence-electron chi connectivity index (χ2n) is 1.11. The summed E-state index contributed by atoms with van der Waals surface area (Å²) in [7, 11) is 0. The summed E-state index contributed by atoms with van der Waals surface area (Å²) in [6.45, 7) is 4.38. The van der Waals surface area contributed by atoms with E-state index in [0.29, 0.717) is 0 Å². The van der Waals surface area contributed by atoms with Crippen LogP contribution in [-0.2, 0) is 26.7 Å². The largest absolute Gasteiger partial charge is 1.00 e. The maximum absolute atomic E-state index is 9.44. The number of carbonyl (C=O) groups is 1. The number of hydrogen-bond donors (Lipinski definition) is 0. The zero-order chi connectivity index (χ0) is 6.28. The van der Waals surface area contributed by atoms with Crippen molar-refractivity contribution in [3.05, 3.63) is 0 Å². The fourth-order valence-corrected chi connectivity index (χ4v) is 0. The van der Waals surface area contributed by atoms with Crippen LogP contribution in [-0.4, -0.2) is 12.1 Å². The van der Waals surface area contributed by atoms with Crippen LogP contribution in [0.25, 0.3) is 0 Å². The van der Waals surface area contributed by atoms with E-state index in [9.17, 15) is 4.79 Å². The average Bonchev–Trinajstić information content (AvgIpc) is 1.33. The standard InChI is InChI=1S/C3H6O.C2H3O.Cu/c1-3(2)4;1-2-3;/h1-2H3;1H3;/q;-1;+1. The van der Waals surface area contributed by atoms with Crippen molar-refractivity contribution in [1.29, 1.82) is 0 Å². The molecule has 0 saturated carbocycles. The normalized spacial score (nSPS) is 4.88. The van der Waals surface area contributed by atoms with Gasteiger partial charge in [-0.2, -0.15) is 6.92 Å². The Labute approximate surface area is 60.1 Å². The number of Topliss-reactive ketones (excluding diaryl/α,β-unsaturated/α-hetero) is 1. The molecule has 0 amide bonds. The van der Waals surface area contributed by atoms with Crippen LogP contribution in [0, 0.1) is 0 Å². The van der Waals surface area contributed by atoms with Crippen LogP contribution in [0.5, 0.6) is 0 Å². The van der Waals surface area contributed by atoms with E-state index in [0.717, 1.165) is 0 Å². The Balaban J connectivity index is -0.0000000575. The molecule has 0 aromatic heterocycles. The molecule has 52 valence electrons. The third kappa shape index (κ3) is 7010. The van der Waals surface area contributed by atoms with Gasteiger partial charge in [-0.05, 0) is 13.8 Å². The van der Waals surface area contributed by atoms with E-state index in [-0.39, 0.29) is 22.9 Å². The zero-order valence-corrected chi connectivity index (χ0v) is 6.06. The molecule has 0 aromatic rings. The minimum absolute atomic E-state index is 0. The number of hydrogen-bond acceptors (Lipinski definition) is 2. The van der Waals surface area contributed by atoms with Gasteiger partial charge in [0, 0.05) is 0 Å². The Hall–Kier alpha value is -0.141. The van der Waals surface area contributed by atoms with Gasteiger partial charge in [-0.25, -0.2) is 0 Å². The molecule has 0 aliphatic carbocycles. The van der Waals surface area contributed by atoms with E-state index in [1.165, 1.54) is 27.1 Å². The van der Waals surface area contributed by atoms with Gasteiger partial charge in [-0.1, -0.05) is 0 Å². The second kappa shape index (κ2) is 15.8. The molecule has 0 saturated heterocycles. The second-order valence-corrected chi connectivity index (χ2v) is 1.11. The minimum Gasteiger partial charge on any atom is -0.542 e. The van der Waals surface area contributed by atoms with Crippen LogP contribution in [0.3, 0.4) is 0 Å². The number of rotatable bonds is 0. The summed E-state index contributed by atoms with van der Waals surface area (Å²) < 4.78 is 0. The molecule has 0 unspecified atom stereocenters. The summed E-state index contributed by atoms with van der Waals surface area (Å²) in [5.41, 5.74) is 0. The van der Waals surface area contributed by atoms with Crippen molar-refractivity contribution in [3.63, 3.8) is 0 Å². The first kappa shape index (κ1) is 15.7. The maximum Gasteiger partial charge on any atom is 1.00 e. The first-order valence-electron chi connectivity index (χ1n) is 1.91. The van der Waals surface area contributed by atoms with E-state index in [4.69, 9.17) is 4.79 Å². The summed E-state index contributed by atoms with van der Waals surface area (Å²) in [5, 5.41) is 0. The fraction of sp³-hybridized carbons (Fsp3) is 0.600. The summed E-state index contributed by atoms with van der Waals surface area (Å²) >= 11 is 0. The summed E-state index contributed by atoms with van der Waals surface area (Å²) in [5.74, 6) is 0.167. The van der Waals surface area contributed by atoms with Crippen LogP contribution >= 0.6 is 0 Å². The van der Waals surface area contributed by atoms with Gasteiger partial charge in [0.2, 0.25) is 0 Å². The van der Waals surface area contributed by atoms with Gasteiger partial charge in [0.25, 0.3) is 0 Å². The monoisotopic (exact) mass is 164 g/mol. The number of carbonyl (C=O) groups excluding carboxylic acids is 2. The maximum atomic E-state index is 9.44. The van der Waals surface area contributed by atoms with E-state index in [1.807, 2.05) is 0 Å². The van der Waals surface area contributed by atoms with Crippen LogP contribution in [0.4, 0.5) is 0 Å². The van der Waals surface area contributed by atoms with Crippen molar-refractivity contribution >= 4 is 12.1 Å². The van der Waals surface area contributed by atoms with Crippen molar-refractivity contribution in [2.75, 3.05) is 0 Å². The third-order valence-corrected chi connectivity index (χ3v) is 0. The van der Waals surface area contributed by atoms with E-state index < -0.39 is 0 Å². The van der Waals surface area contributed by atoms with Gasteiger partial charge >= 0.3 is 17.1 Å². The molecule has 0 bridgehead atoms. The summed E-state index contributed by atoms with van der Waals surface area (Å²) in [6.07, 6.45) is 1.50. The quantitative estimate of drug-likeness (QED) is 0.391. The molecule has 0 radical (unpaired) electrons. The average molecular weight is 165 g/mol. The molecular weight excluding hydrogens is 156 g/mol. The van der Waals surface area contributed by atoms with E-state index in [2.05, 4.69) is 0 Å². The van der Waals surface area contributed by atoms with Gasteiger partial charge < -0.3 is 9.59 Å². The van der Waals surface area contributed by atoms with Gasteiger partial charge in [-0.15, -0.1) is 0 Å². The molecule has 0 aliphatic heterocycles. The van der Waals surface area contributed by atoms with Gasteiger partial charge in [0.15, 0.2) is 0 Å². The molecule has 0 rings (SSSR count). The number of ketones is 1. The van der Waals surface area contributed by atoms with E-state index >= 15 is 0 Å². The molecule has 2 nitrogen and oxygen atoms in total. The summed E-state index contributed by atoms with van der Waals surface area (Å²) in [4.78, 5) is 18.1. The fourth-order valence-electron chi connectivity index (χ4n) is 0. The first-order valence-corrected chi connectivity index (χ1v) is 1.91. The Kier molecular flexibility index (Phi) is 30.9. The summed E-state index contributed by atoms with van der Waals surface area (Å²) in [6, 6.07) is 0. The van der Waals surface area contributed by atoms with Crippen molar-refractivity contribution in [2.24, 2.45) is 0 Å². The topological polar surface area (TPSA) is 34.1 Å². The molecule has 3 heteroatoms. The van der Waals surface area contributed by atoms with Crippen LogP contribution in [0.15, 0.2) is 0 Å². The van der Waals surface area contributed by atoms with Crippen molar-refractivity contribution in [2.45, 2.75) is 20.8 Å². The van der Waals surface area contributed by atoms with Crippen LogP contribution < -0.4 is 0 Å². The minimum atomic E-state index is 0. The Morgan fingerprint density at radius 2 is 1.38 bits per heavy atom. The molecule has 0 atom stereocenters. The van der Waals surface area contributed by atoms with Crippen molar-refractivity contribution in [1.82, 2.24) is 0 Å².